The number of ether oxygens (including phenoxy) is 2. The quantitative estimate of drug-likeness (QED) is 0.732. The fourth-order valence-corrected chi connectivity index (χ4v) is 2.18. The van der Waals surface area contributed by atoms with Crippen LogP contribution in [0.4, 0.5) is 5.69 Å². The molecule has 0 radical (unpaired) electrons. The summed E-state index contributed by atoms with van der Waals surface area (Å²) >= 11 is 1.08. The Morgan fingerprint density at radius 3 is 3.00 bits per heavy atom. The van der Waals surface area contributed by atoms with Gasteiger partial charge in [-0.25, -0.2) is 0 Å². The zero-order valence-corrected chi connectivity index (χ0v) is 12.7. The molecule has 0 saturated carbocycles. The van der Waals surface area contributed by atoms with Crippen molar-refractivity contribution in [2.75, 3.05) is 32.2 Å². The first-order chi connectivity index (χ1) is 10.3. The summed E-state index contributed by atoms with van der Waals surface area (Å²) in [5, 5.41) is 13.2. The molecule has 0 fully saturated rings. The van der Waals surface area contributed by atoms with Gasteiger partial charge in [-0.2, -0.15) is 4.37 Å². The second-order valence-electron chi connectivity index (χ2n) is 4.49. The van der Waals surface area contributed by atoms with Gasteiger partial charge in [0.2, 0.25) is 5.88 Å². The van der Waals surface area contributed by atoms with Gasteiger partial charge in [-0.3, -0.25) is 0 Å². The molecule has 1 aromatic heterocycles. The van der Waals surface area contributed by atoms with Gasteiger partial charge in [0.25, 0.3) is 0 Å². The third kappa shape index (κ3) is 5.30. The Kier molecular flexibility index (Phi) is 6.39. The topological polar surface area (TPSA) is 76.5 Å². The average molecular weight is 309 g/mol. The Morgan fingerprint density at radius 1 is 1.38 bits per heavy atom. The molecule has 1 aromatic carbocycles. The molecule has 0 aliphatic carbocycles. The Balaban J connectivity index is 1.79. The molecule has 2 aromatic rings. The minimum absolute atomic E-state index is 0.179. The van der Waals surface area contributed by atoms with Crippen molar-refractivity contribution in [3.63, 3.8) is 0 Å². The first kappa shape index (κ1) is 15.7. The van der Waals surface area contributed by atoms with Crippen molar-refractivity contribution in [3.8, 4) is 5.88 Å². The van der Waals surface area contributed by atoms with Gasteiger partial charge in [0.05, 0.1) is 18.3 Å². The highest BCUT2D eigenvalue weighted by molar-refractivity contribution is 6.99. The third-order valence-electron chi connectivity index (χ3n) is 2.89. The number of aliphatic hydroxyl groups is 1. The largest absolute Gasteiger partial charge is 0.473 e. The summed E-state index contributed by atoms with van der Waals surface area (Å²) < 4.78 is 18.2. The number of methoxy groups -OCH3 is 1. The van der Waals surface area contributed by atoms with Gasteiger partial charge in [0.15, 0.2) is 0 Å². The van der Waals surface area contributed by atoms with Crippen LogP contribution in [0, 0.1) is 0 Å². The number of hydrogen-bond acceptors (Lipinski definition) is 7. The molecule has 0 spiro atoms. The number of para-hydroxylation sites is 1. The molecule has 1 unspecified atom stereocenters. The number of anilines is 1. The predicted octanol–water partition coefficient (Wildman–Crippen LogP) is 1.58. The third-order valence-corrected chi connectivity index (χ3v) is 3.35. The maximum atomic E-state index is 9.92. The second kappa shape index (κ2) is 8.56. The SMILES string of the molecule is COCCc1ccccc1NCC(O)COc1cnsn1. The average Bonchev–Trinajstić information content (AvgIpc) is 3.03. The molecular weight excluding hydrogens is 290 g/mol. The number of nitrogens with zero attached hydrogens (tertiary/aromatic N) is 2. The maximum Gasteiger partial charge on any atom is 0.245 e. The van der Waals surface area contributed by atoms with E-state index in [-0.39, 0.29) is 6.61 Å². The Labute approximate surface area is 128 Å². The van der Waals surface area contributed by atoms with Crippen molar-refractivity contribution in [1.82, 2.24) is 8.75 Å². The molecule has 114 valence electrons. The van der Waals surface area contributed by atoms with E-state index < -0.39 is 6.10 Å². The molecule has 0 aliphatic rings. The summed E-state index contributed by atoms with van der Waals surface area (Å²) in [5.41, 5.74) is 2.17. The van der Waals surface area contributed by atoms with E-state index >= 15 is 0 Å². The van der Waals surface area contributed by atoms with E-state index in [1.807, 2.05) is 24.3 Å². The van der Waals surface area contributed by atoms with Crippen molar-refractivity contribution in [2.24, 2.45) is 0 Å². The van der Waals surface area contributed by atoms with Crippen LogP contribution in [0.1, 0.15) is 5.56 Å². The summed E-state index contributed by atoms with van der Waals surface area (Å²) in [7, 11) is 1.68. The van der Waals surface area contributed by atoms with Crippen molar-refractivity contribution in [1.29, 1.82) is 0 Å². The summed E-state index contributed by atoms with van der Waals surface area (Å²) in [6, 6.07) is 7.99. The van der Waals surface area contributed by atoms with Crippen molar-refractivity contribution in [2.45, 2.75) is 12.5 Å². The molecule has 21 heavy (non-hydrogen) atoms. The normalized spacial score (nSPS) is 12.1. The van der Waals surface area contributed by atoms with E-state index in [0.717, 1.165) is 29.4 Å². The van der Waals surface area contributed by atoms with E-state index in [1.165, 1.54) is 6.20 Å². The molecule has 0 aliphatic heterocycles. The molecule has 1 atom stereocenters. The molecule has 0 amide bonds. The molecule has 1 heterocycles. The monoisotopic (exact) mass is 309 g/mol. The van der Waals surface area contributed by atoms with Gasteiger partial charge in [-0.15, -0.1) is 4.37 Å². The van der Waals surface area contributed by atoms with Crippen LogP contribution in [0.15, 0.2) is 30.5 Å². The summed E-state index contributed by atoms with van der Waals surface area (Å²) in [6.07, 6.45) is 1.74. The second-order valence-corrected chi connectivity index (χ2v) is 5.05. The highest BCUT2D eigenvalue weighted by Crippen LogP contribution is 2.15. The highest BCUT2D eigenvalue weighted by Gasteiger charge is 2.08. The molecule has 0 bridgehead atoms. The molecule has 2 rings (SSSR count). The summed E-state index contributed by atoms with van der Waals surface area (Å²) in [4.78, 5) is 0. The van der Waals surface area contributed by atoms with Gasteiger partial charge in [-0.1, -0.05) is 18.2 Å². The first-order valence-corrected chi connectivity index (χ1v) is 7.41. The summed E-state index contributed by atoms with van der Waals surface area (Å²) in [6.45, 7) is 1.25. The lowest BCUT2D eigenvalue weighted by atomic mass is 10.1. The number of nitrogens with one attached hydrogen (secondary N) is 1. The van der Waals surface area contributed by atoms with Crippen LogP contribution >= 0.6 is 11.7 Å². The number of benzene rings is 1. The molecule has 7 heteroatoms. The Morgan fingerprint density at radius 2 is 2.24 bits per heavy atom. The van der Waals surface area contributed by atoms with E-state index in [2.05, 4.69) is 14.1 Å². The molecular formula is C14H19N3O3S. The van der Waals surface area contributed by atoms with Crippen LogP contribution in [0.3, 0.4) is 0 Å². The standard InChI is InChI=1S/C14H19N3O3S/c1-19-7-6-11-4-2-3-5-13(11)15-8-12(18)10-20-14-9-16-21-17-14/h2-5,9,12,15,18H,6-8,10H2,1H3. The van der Waals surface area contributed by atoms with Crippen LogP contribution in [-0.2, 0) is 11.2 Å². The first-order valence-electron chi connectivity index (χ1n) is 6.68. The zero-order chi connectivity index (χ0) is 14.9. The van der Waals surface area contributed by atoms with Crippen LogP contribution in [0.2, 0.25) is 0 Å². The number of rotatable bonds is 9. The van der Waals surface area contributed by atoms with Gasteiger partial charge < -0.3 is 19.9 Å². The van der Waals surface area contributed by atoms with Crippen LogP contribution in [0.5, 0.6) is 5.88 Å². The van der Waals surface area contributed by atoms with E-state index in [9.17, 15) is 5.11 Å². The number of aromatic nitrogens is 2. The fraction of sp³-hybridized carbons (Fsp3) is 0.429. The fourth-order valence-electron chi connectivity index (χ4n) is 1.81. The van der Waals surface area contributed by atoms with E-state index in [1.54, 1.807) is 7.11 Å². The molecule has 6 nitrogen and oxygen atoms in total. The van der Waals surface area contributed by atoms with Gasteiger partial charge in [0.1, 0.15) is 18.9 Å². The molecule has 2 N–H and O–H groups in total. The van der Waals surface area contributed by atoms with Crippen molar-refractivity contribution in [3.05, 3.63) is 36.0 Å². The van der Waals surface area contributed by atoms with Crippen LogP contribution in [0.25, 0.3) is 0 Å². The van der Waals surface area contributed by atoms with Crippen LogP contribution < -0.4 is 10.1 Å². The number of hydrogen-bond donors (Lipinski definition) is 2. The minimum atomic E-state index is -0.623. The lowest BCUT2D eigenvalue weighted by molar-refractivity contribution is 0.115. The van der Waals surface area contributed by atoms with Crippen molar-refractivity contribution >= 4 is 17.4 Å². The lowest BCUT2D eigenvalue weighted by Crippen LogP contribution is -2.26. The number of aliphatic hydroxyl groups excluding tert-OH is 1. The van der Waals surface area contributed by atoms with Gasteiger partial charge in [-0.05, 0) is 18.1 Å². The van der Waals surface area contributed by atoms with E-state index in [4.69, 9.17) is 9.47 Å². The Hall–Kier alpha value is -1.70. The zero-order valence-electron chi connectivity index (χ0n) is 11.9. The Bertz CT molecular complexity index is 522. The molecule has 0 saturated heterocycles. The maximum absolute atomic E-state index is 9.92. The van der Waals surface area contributed by atoms with Gasteiger partial charge >= 0.3 is 0 Å². The van der Waals surface area contributed by atoms with Gasteiger partial charge in [0, 0.05) is 19.3 Å². The van der Waals surface area contributed by atoms with E-state index in [0.29, 0.717) is 19.0 Å². The lowest BCUT2D eigenvalue weighted by Gasteiger charge is -2.15. The highest BCUT2D eigenvalue weighted by atomic mass is 32.1. The summed E-state index contributed by atoms with van der Waals surface area (Å²) in [5.74, 6) is 0.444. The predicted molar refractivity (Wildman–Crippen MR) is 81.9 cm³/mol. The smallest absolute Gasteiger partial charge is 0.245 e. The van der Waals surface area contributed by atoms with Crippen molar-refractivity contribution < 1.29 is 14.6 Å². The van der Waals surface area contributed by atoms with Crippen LogP contribution in [-0.4, -0.2) is 46.8 Å². The minimum Gasteiger partial charge on any atom is -0.473 e.